The summed E-state index contributed by atoms with van der Waals surface area (Å²) in [6.45, 7) is 2.24. The topological polar surface area (TPSA) is 92.8 Å². The van der Waals surface area contributed by atoms with E-state index in [-0.39, 0.29) is 22.3 Å². The molecule has 0 radical (unpaired) electrons. The highest BCUT2D eigenvalue weighted by molar-refractivity contribution is 7.89. The Hall–Kier alpha value is -2.78. The Bertz CT molecular complexity index is 1000. The summed E-state index contributed by atoms with van der Waals surface area (Å²) >= 11 is 0. The molecular formula is C21H23FN2O5S. The van der Waals surface area contributed by atoms with Gasteiger partial charge in [-0.05, 0) is 61.7 Å². The summed E-state index contributed by atoms with van der Waals surface area (Å²) in [4.78, 5) is 24.3. The molecule has 9 heteroatoms. The maximum absolute atomic E-state index is 13.0. The van der Waals surface area contributed by atoms with E-state index in [1.54, 1.807) is 19.1 Å². The van der Waals surface area contributed by atoms with Crippen LogP contribution in [0.5, 0.6) is 0 Å². The van der Waals surface area contributed by atoms with Crippen molar-refractivity contribution in [2.24, 2.45) is 0 Å². The molecule has 1 amide bonds. The molecule has 2 aromatic rings. The zero-order chi connectivity index (χ0) is 21.7. The number of sulfonamides is 1. The molecule has 0 unspecified atom stereocenters. The number of ether oxygens (including phenoxy) is 1. The van der Waals surface area contributed by atoms with Crippen molar-refractivity contribution in [3.05, 3.63) is 65.5 Å². The molecule has 1 N–H and O–H groups in total. The van der Waals surface area contributed by atoms with E-state index in [9.17, 15) is 22.4 Å². The number of hydrogen-bond donors (Lipinski definition) is 1. The molecule has 0 aliphatic carbocycles. The van der Waals surface area contributed by atoms with Crippen LogP contribution in [-0.4, -0.2) is 44.3 Å². The number of benzene rings is 2. The molecule has 1 heterocycles. The van der Waals surface area contributed by atoms with Gasteiger partial charge in [-0.25, -0.2) is 17.6 Å². The summed E-state index contributed by atoms with van der Waals surface area (Å²) in [5.41, 5.74) is 0.862. The number of nitrogens with zero attached hydrogens (tertiary/aromatic N) is 1. The Morgan fingerprint density at radius 1 is 1.07 bits per heavy atom. The van der Waals surface area contributed by atoms with Gasteiger partial charge < -0.3 is 10.1 Å². The van der Waals surface area contributed by atoms with Gasteiger partial charge in [0.15, 0.2) is 6.61 Å². The first-order valence-corrected chi connectivity index (χ1v) is 11.0. The molecule has 0 bridgehead atoms. The third-order valence-electron chi connectivity index (χ3n) is 4.87. The predicted octanol–water partition coefficient (Wildman–Crippen LogP) is 2.64. The van der Waals surface area contributed by atoms with Crippen LogP contribution in [0.25, 0.3) is 0 Å². The lowest BCUT2D eigenvalue weighted by atomic mass is 10.1. The molecule has 1 atom stereocenters. The van der Waals surface area contributed by atoms with Gasteiger partial charge in [0.1, 0.15) is 5.82 Å². The highest BCUT2D eigenvalue weighted by atomic mass is 32.2. The molecule has 0 saturated carbocycles. The first-order chi connectivity index (χ1) is 14.3. The van der Waals surface area contributed by atoms with Gasteiger partial charge in [-0.1, -0.05) is 12.1 Å². The third-order valence-corrected chi connectivity index (χ3v) is 6.79. The molecule has 1 saturated heterocycles. The van der Waals surface area contributed by atoms with Gasteiger partial charge in [-0.3, -0.25) is 4.79 Å². The Morgan fingerprint density at radius 3 is 2.27 bits per heavy atom. The van der Waals surface area contributed by atoms with Gasteiger partial charge in [0.05, 0.1) is 16.5 Å². The lowest BCUT2D eigenvalue weighted by Crippen LogP contribution is -2.31. The van der Waals surface area contributed by atoms with Gasteiger partial charge >= 0.3 is 5.97 Å². The Balaban J connectivity index is 1.53. The van der Waals surface area contributed by atoms with E-state index >= 15 is 0 Å². The van der Waals surface area contributed by atoms with Crippen molar-refractivity contribution >= 4 is 21.9 Å². The van der Waals surface area contributed by atoms with E-state index in [0.717, 1.165) is 12.8 Å². The van der Waals surface area contributed by atoms with Crippen LogP contribution in [-0.2, 0) is 19.6 Å². The minimum atomic E-state index is -3.56. The van der Waals surface area contributed by atoms with E-state index in [4.69, 9.17) is 4.74 Å². The minimum Gasteiger partial charge on any atom is -0.452 e. The Kier molecular flexibility index (Phi) is 6.84. The molecule has 0 aromatic heterocycles. The predicted molar refractivity (Wildman–Crippen MR) is 108 cm³/mol. The van der Waals surface area contributed by atoms with Crippen LogP contribution in [0.1, 0.15) is 41.7 Å². The summed E-state index contributed by atoms with van der Waals surface area (Å²) in [5.74, 6) is -1.61. The van der Waals surface area contributed by atoms with Crippen molar-refractivity contribution in [2.75, 3.05) is 19.7 Å². The molecule has 0 spiro atoms. The lowest BCUT2D eigenvalue weighted by molar-refractivity contribution is -0.124. The van der Waals surface area contributed by atoms with E-state index in [2.05, 4.69) is 5.32 Å². The fraction of sp³-hybridized carbons (Fsp3) is 0.333. The Labute approximate surface area is 174 Å². The number of rotatable bonds is 7. The van der Waals surface area contributed by atoms with Crippen LogP contribution in [0.3, 0.4) is 0 Å². The fourth-order valence-electron chi connectivity index (χ4n) is 3.17. The summed E-state index contributed by atoms with van der Waals surface area (Å²) in [6.07, 6.45) is 1.68. The summed E-state index contributed by atoms with van der Waals surface area (Å²) in [5, 5.41) is 2.66. The van der Waals surface area contributed by atoms with E-state index in [0.29, 0.717) is 18.7 Å². The van der Waals surface area contributed by atoms with Gasteiger partial charge in [0.25, 0.3) is 5.91 Å². The van der Waals surface area contributed by atoms with E-state index in [1.165, 1.54) is 40.7 Å². The SMILES string of the molecule is C[C@H](NC(=O)COC(=O)c1ccc(S(=O)(=O)N2CCCC2)cc1)c1ccc(F)cc1. The lowest BCUT2D eigenvalue weighted by Gasteiger charge is -2.15. The maximum atomic E-state index is 13.0. The van der Waals surface area contributed by atoms with Crippen molar-refractivity contribution in [3.8, 4) is 0 Å². The van der Waals surface area contributed by atoms with Crippen molar-refractivity contribution < 1.29 is 27.1 Å². The number of nitrogens with one attached hydrogen (secondary N) is 1. The number of amides is 1. The quantitative estimate of drug-likeness (QED) is 0.677. The zero-order valence-electron chi connectivity index (χ0n) is 16.5. The van der Waals surface area contributed by atoms with E-state index < -0.39 is 28.5 Å². The molecule has 3 rings (SSSR count). The van der Waals surface area contributed by atoms with Crippen molar-refractivity contribution in [3.63, 3.8) is 0 Å². The molecule has 2 aromatic carbocycles. The molecule has 1 fully saturated rings. The normalized spacial score (nSPS) is 15.5. The van der Waals surface area contributed by atoms with Crippen LogP contribution in [0.2, 0.25) is 0 Å². The molecule has 30 heavy (non-hydrogen) atoms. The number of carbonyl (C=O) groups is 2. The largest absolute Gasteiger partial charge is 0.452 e. The second-order valence-corrected chi connectivity index (χ2v) is 8.99. The van der Waals surface area contributed by atoms with Crippen molar-refractivity contribution in [1.29, 1.82) is 0 Å². The molecule has 1 aliphatic rings. The standard InChI is InChI=1S/C21H23FN2O5S/c1-15(16-4-8-18(22)9-5-16)23-20(25)14-29-21(26)17-6-10-19(11-7-17)30(27,28)24-12-2-3-13-24/h4-11,15H,2-3,12-14H2,1H3,(H,23,25)/t15-/m0/s1. The number of hydrogen-bond acceptors (Lipinski definition) is 5. The van der Waals surface area contributed by atoms with Gasteiger partial charge in [-0.2, -0.15) is 4.31 Å². The van der Waals surface area contributed by atoms with Crippen molar-refractivity contribution in [2.45, 2.75) is 30.7 Å². The van der Waals surface area contributed by atoms with Crippen LogP contribution in [0.4, 0.5) is 4.39 Å². The van der Waals surface area contributed by atoms with Crippen LogP contribution >= 0.6 is 0 Å². The second kappa shape index (κ2) is 9.36. The number of halogens is 1. The zero-order valence-corrected chi connectivity index (χ0v) is 17.3. The van der Waals surface area contributed by atoms with Crippen LogP contribution in [0, 0.1) is 5.82 Å². The maximum Gasteiger partial charge on any atom is 0.338 e. The molecule has 160 valence electrons. The van der Waals surface area contributed by atoms with E-state index in [1.807, 2.05) is 0 Å². The van der Waals surface area contributed by atoms with Crippen LogP contribution in [0.15, 0.2) is 53.4 Å². The van der Waals surface area contributed by atoms with Gasteiger partial charge in [-0.15, -0.1) is 0 Å². The Morgan fingerprint density at radius 2 is 1.67 bits per heavy atom. The van der Waals surface area contributed by atoms with Gasteiger partial charge in [0.2, 0.25) is 10.0 Å². The average molecular weight is 434 g/mol. The smallest absolute Gasteiger partial charge is 0.338 e. The second-order valence-electron chi connectivity index (χ2n) is 7.05. The fourth-order valence-corrected chi connectivity index (χ4v) is 4.69. The first-order valence-electron chi connectivity index (χ1n) is 9.59. The molecule has 1 aliphatic heterocycles. The molecule has 7 nitrogen and oxygen atoms in total. The third kappa shape index (κ3) is 5.22. The number of carbonyl (C=O) groups excluding carboxylic acids is 2. The summed E-state index contributed by atoms with van der Waals surface area (Å²) in [6, 6.07) is 10.8. The monoisotopic (exact) mass is 434 g/mol. The highest BCUT2D eigenvalue weighted by Gasteiger charge is 2.27. The minimum absolute atomic E-state index is 0.117. The highest BCUT2D eigenvalue weighted by Crippen LogP contribution is 2.21. The van der Waals surface area contributed by atoms with Crippen molar-refractivity contribution in [1.82, 2.24) is 9.62 Å². The number of esters is 1. The van der Waals surface area contributed by atoms with Gasteiger partial charge in [0, 0.05) is 13.1 Å². The summed E-state index contributed by atoms with van der Waals surface area (Å²) in [7, 11) is -3.56. The first kappa shape index (κ1) is 21.9. The molecular weight excluding hydrogens is 411 g/mol. The average Bonchev–Trinajstić information content (AvgIpc) is 3.28. The summed E-state index contributed by atoms with van der Waals surface area (Å²) < 4.78 is 44.4. The van der Waals surface area contributed by atoms with Crippen LogP contribution < -0.4 is 5.32 Å².